The number of nitrogens with zero attached hydrogens (tertiary/aromatic N) is 3. The predicted molar refractivity (Wildman–Crippen MR) is 91.9 cm³/mol. The Kier molecular flexibility index (Phi) is 4.93. The second-order valence-corrected chi connectivity index (χ2v) is 6.76. The van der Waals surface area contributed by atoms with Crippen molar-refractivity contribution in [2.45, 2.75) is 38.6 Å². The first-order valence-corrected chi connectivity index (χ1v) is 8.84. The van der Waals surface area contributed by atoms with Gasteiger partial charge in [0.15, 0.2) is 5.13 Å². The van der Waals surface area contributed by atoms with Gasteiger partial charge in [0.25, 0.3) is 11.5 Å². The molecule has 3 rings (SSSR count). The van der Waals surface area contributed by atoms with E-state index in [0.29, 0.717) is 10.8 Å². The van der Waals surface area contributed by atoms with E-state index in [1.807, 2.05) is 0 Å². The fraction of sp³-hybridized carbons (Fsp3) is 0.438. The Labute approximate surface area is 147 Å². The number of thiazole rings is 1. The monoisotopic (exact) mass is 362 g/mol. The first-order valence-electron chi connectivity index (χ1n) is 8.03. The number of carbonyl (C=O) groups excluding carboxylic acids is 2. The van der Waals surface area contributed by atoms with Crippen LogP contribution in [0.3, 0.4) is 0 Å². The number of carbonyl (C=O) groups is 2. The molecular weight excluding hydrogens is 344 g/mol. The normalized spacial score (nSPS) is 14.8. The van der Waals surface area contributed by atoms with Gasteiger partial charge in [-0.05, 0) is 32.8 Å². The summed E-state index contributed by atoms with van der Waals surface area (Å²) in [5, 5.41) is 7.19. The molecule has 132 valence electrons. The van der Waals surface area contributed by atoms with Gasteiger partial charge in [0, 0.05) is 12.0 Å². The molecule has 2 heterocycles. The highest BCUT2D eigenvalue weighted by Gasteiger charge is 2.27. The van der Waals surface area contributed by atoms with Crippen molar-refractivity contribution in [1.82, 2.24) is 14.8 Å². The molecule has 1 N–H and O–H groups in total. The van der Waals surface area contributed by atoms with Crippen LogP contribution in [0.4, 0.5) is 5.13 Å². The third-order valence-corrected chi connectivity index (χ3v) is 4.69. The van der Waals surface area contributed by atoms with Gasteiger partial charge < -0.3 is 10.1 Å². The van der Waals surface area contributed by atoms with E-state index in [0.717, 1.165) is 29.9 Å². The van der Waals surface area contributed by atoms with Crippen LogP contribution in [0, 0.1) is 0 Å². The van der Waals surface area contributed by atoms with Crippen LogP contribution < -0.4 is 10.9 Å². The highest BCUT2D eigenvalue weighted by molar-refractivity contribution is 7.17. The number of esters is 1. The lowest BCUT2D eigenvalue weighted by Crippen LogP contribution is -2.33. The van der Waals surface area contributed by atoms with Crippen LogP contribution in [0.15, 0.2) is 23.1 Å². The number of aromatic nitrogens is 3. The fourth-order valence-corrected chi connectivity index (χ4v) is 2.98. The molecule has 1 fully saturated rings. The summed E-state index contributed by atoms with van der Waals surface area (Å²) in [6.45, 7) is 3.57. The van der Waals surface area contributed by atoms with Gasteiger partial charge in [0.2, 0.25) is 0 Å². The zero-order valence-corrected chi connectivity index (χ0v) is 14.7. The van der Waals surface area contributed by atoms with E-state index in [-0.39, 0.29) is 17.3 Å². The molecule has 9 heteroatoms. The Morgan fingerprint density at radius 2 is 2.20 bits per heavy atom. The van der Waals surface area contributed by atoms with Gasteiger partial charge in [-0.3, -0.25) is 9.59 Å². The first kappa shape index (κ1) is 17.3. The molecule has 25 heavy (non-hydrogen) atoms. The summed E-state index contributed by atoms with van der Waals surface area (Å²) in [5.74, 6) is -0.524. The van der Waals surface area contributed by atoms with Crippen LogP contribution in [-0.4, -0.2) is 33.2 Å². The summed E-state index contributed by atoms with van der Waals surface area (Å²) in [5.41, 5.74) is 0.497. The van der Waals surface area contributed by atoms with Crippen molar-refractivity contribution < 1.29 is 14.3 Å². The molecule has 8 nitrogen and oxygen atoms in total. The summed E-state index contributed by atoms with van der Waals surface area (Å²) in [6, 6.07) is 2.36. The number of anilines is 1. The van der Waals surface area contributed by atoms with Gasteiger partial charge in [-0.25, -0.2) is 14.5 Å². The van der Waals surface area contributed by atoms with Gasteiger partial charge in [-0.2, -0.15) is 5.10 Å². The van der Waals surface area contributed by atoms with Crippen molar-refractivity contribution in [3.05, 3.63) is 39.3 Å². The summed E-state index contributed by atoms with van der Waals surface area (Å²) < 4.78 is 6.07. The van der Waals surface area contributed by atoms with Crippen LogP contribution in [0.25, 0.3) is 0 Å². The Morgan fingerprint density at radius 3 is 2.88 bits per heavy atom. The maximum Gasteiger partial charge on any atom is 0.350 e. The third-order valence-electron chi connectivity index (χ3n) is 3.80. The first-order chi connectivity index (χ1) is 12.0. The molecule has 1 aliphatic carbocycles. The molecule has 1 saturated carbocycles. The van der Waals surface area contributed by atoms with E-state index in [9.17, 15) is 14.4 Å². The van der Waals surface area contributed by atoms with Gasteiger partial charge in [-0.1, -0.05) is 11.3 Å². The van der Waals surface area contributed by atoms with Crippen LogP contribution in [0.2, 0.25) is 0 Å². The number of amides is 1. The molecule has 1 amide bonds. The highest BCUT2D eigenvalue weighted by Crippen LogP contribution is 2.38. The van der Waals surface area contributed by atoms with Gasteiger partial charge >= 0.3 is 5.97 Å². The van der Waals surface area contributed by atoms with E-state index < -0.39 is 17.9 Å². The Balaban J connectivity index is 1.72. The maximum absolute atomic E-state index is 12.4. The lowest BCUT2D eigenvalue weighted by molar-refractivity contribution is -0.119. The number of hydrogen-bond donors (Lipinski definition) is 1. The van der Waals surface area contributed by atoms with Crippen molar-refractivity contribution in [2.75, 3.05) is 11.9 Å². The molecule has 0 spiro atoms. The minimum atomic E-state index is -0.791. The topological polar surface area (TPSA) is 103 Å². The summed E-state index contributed by atoms with van der Waals surface area (Å²) >= 11 is 1.02. The minimum Gasteiger partial charge on any atom is -0.462 e. The van der Waals surface area contributed by atoms with Crippen molar-refractivity contribution in [3.8, 4) is 0 Å². The molecule has 0 aliphatic heterocycles. The molecule has 2 aromatic rings. The van der Waals surface area contributed by atoms with Crippen molar-refractivity contribution in [2.24, 2.45) is 0 Å². The van der Waals surface area contributed by atoms with E-state index in [4.69, 9.17) is 4.74 Å². The average molecular weight is 362 g/mol. The van der Waals surface area contributed by atoms with E-state index in [1.165, 1.54) is 16.9 Å². The smallest absolute Gasteiger partial charge is 0.350 e. The molecule has 0 bridgehead atoms. The van der Waals surface area contributed by atoms with Gasteiger partial charge in [0.1, 0.15) is 10.9 Å². The lowest BCUT2D eigenvalue weighted by Gasteiger charge is -2.13. The Bertz CT molecular complexity index is 856. The Hall–Kier alpha value is -2.55. The molecule has 0 aromatic carbocycles. The largest absolute Gasteiger partial charge is 0.462 e. The maximum atomic E-state index is 12.4. The predicted octanol–water partition coefficient (Wildman–Crippen LogP) is 1.95. The fourth-order valence-electron chi connectivity index (χ4n) is 2.26. The molecule has 0 saturated heterocycles. The summed E-state index contributed by atoms with van der Waals surface area (Å²) in [4.78, 5) is 40.4. The van der Waals surface area contributed by atoms with Crippen LogP contribution in [0.1, 0.15) is 54.0 Å². The molecular formula is C16H18N4O4S. The Morgan fingerprint density at radius 1 is 1.44 bits per heavy atom. The molecule has 2 aromatic heterocycles. The van der Waals surface area contributed by atoms with Crippen molar-refractivity contribution >= 4 is 28.3 Å². The minimum absolute atomic E-state index is 0.265. The van der Waals surface area contributed by atoms with Crippen LogP contribution >= 0.6 is 11.3 Å². The quantitative estimate of drug-likeness (QED) is 0.788. The molecule has 1 unspecified atom stereocenters. The number of rotatable bonds is 6. The van der Waals surface area contributed by atoms with Crippen LogP contribution in [-0.2, 0) is 9.53 Å². The highest BCUT2D eigenvalue weighted by atomic mass is 32.1. The van der Waals surface area contributed by atoms with E-state index in [2.05, 4.69) is 15.4 Å². The van der Waals surface area contributed by atoms with Crippen molar-refractivity contribution in [3.63, 3.8) is 0 Å². The van der Waals surface area contributed by atoms with Crippen molar-refractivity contribution in [1.29, 1.82) is 0 Å². The number of ether oxygens (including phenoxy) is 1. The van der Waals surface area contributed by atoms with E-state index in [1.54, 1.807) is 19.9 Å². The number of hydrogen-bond acceptors (Lipinski definition) is 7. The average Bonchev–Trinajstić information content (AvgIpc) is 3.34. The SMILES string of the molecule is CCOC(=O)c1cnc(NC(=O)C(C)n2nc(C3CC3)ccc2=O)s1. The summed E-state index contributed by atoms with van der Waals surface area (Å²) in [6.07, 6.45) is 3.46. The van der Waals surface area contributed by atoms with Gasteiger partial charge in [-0.15, -0.1) is 0 Å². The third kappa shape index (κ3) is 3.93. The number of nitrogens with one attached hydrogen (secondary N) is 1. The lowest BCUT2D eigenvalue weighted by atomic mass is 10.2. The molecule has 0 radical (unpaired) electrons. The van der Waals surface area contributed by atoms with Gasteiger partial charge in [0.05, 0.1) is 18.5 Å². The zero-order valence-electron chi connectivity index (χ0n) is 13.9. The molecule has 1 atom stereocenters. The summed E-state index contributed by atoms with van der Waals surface area (Å²) in [7, 11) is 0. The second kappa shape index (κ2) is 7.14. The zero-order chi connectivity index (χ0) is 18.0. The molecule has 1 aliphatic rings. The van der Waals surface area contributed by atoms with Crippen LogP contribution in [0.5, 0.6) is 0 Å². The van der Waals surface area contributed by atoms with E-state index >= 15 is 0 Å². The second-order valence-electron chi connectivity index (χ2n) is 5.73. The standard InChI is InChI=1S/C16H18N4O4S/c1-3-24-15(23)12-8-17-16(25-12)18-14(22)9(2)20-13(21)7-6-11(19-20)10-4-5-10/h6-10H,3-5H2,1-2H3,(H,17,18,22).